The second-order valence-electron chi connectivity index (χ2n) is 2.51. The monoisotopic (exact) mass is 290 g/mol. The van der Waals surface area contributed by atoms with Crippen LogP contribution in [0.2, 0.25) is 0 Å². The van der Waals surface area contributed by atoms with Crippen molar-refractivity contribution < 1.29 is 37.2 Å². The summed E-state index contributed by atoms with van der Waals surface area (Å²) in [4.78, 5) is 15.6. The van der Waals surface area contributed by atoms with E-state index in [4.69, 9.17) is 21.0 Å². The highest BCUT2D eigenvalue weighted by molar-refractivity contribution is 6.35. The van der Waals surface area contributed by atoms with Crippen LogP contribution in [0.5, 0.6) is 0 Å². The number of nitriles is 4. The van der Waals surface area contributed by atoms with Gasteiger partial charge in [0.25, 0.3) is 12.2 Å². The summed E-state index contributed by atoms with van der Waals surface area (Å²) in [6.07, 6.45) is -8.97. The number of halogens is 3. The molecule has 20 heavy (non-hydrogen) atoms. The standard InChI is InChI=1S/C7H2BF3N4O5/c9-7(10,11)18-8(19-16-5(1-12)2-13)20-17-6(3-14)4-15/h5-6H. The van der Waals surface area contributed by atoms with Gasteiger partial charge >= 0.3 is 13.7 Å². The zero-order chi connectivity index (χ0) is 15.6. The van der Waals surface area contributed by atoms with Gasteiger partial charge in [0.2, 0.25) is 0 Å². The van der Waals surface area contributed by atoms with Crippen LogP contribution < -0.4 is 0 Å². The Bertz CT molecular complexity index is 411. The Morgan fingerprint density at radius 1 is 0.800 bits per heavy atom. The molecular formula is C7H2BF3N4O5. The summed E-state index contributed by atoms with van der Waals surface area (Å²) < 4.78 is 39.0. The van der Waals surface area contributed by atoms with E-state index in [9.17, 15) is 13.2 Å². The van der Waals surface area contributed by atoms with Gasteiger partial charge in [0.15, 0.2) is 0 Å². The quantitative estimate of drug-likeness (QED) is 0.366. The van der Waals surface area contributed by atoms with Crippen molar-refractivity contribution in [3.05, 3.63) is 0 Å². The van der Waals surface area contributed by atoms with Crippen molar-refractivity contribution in [2.24, 2.45) is 0 Å². The molecule has 0 bridgehead atoms. The van der Waals surface area contributed by atoms with E-state index in [-0.39, 0.29) is 0 Å². The summed E-state index contributed by atoms with van der Waals surface area (Å²) in [6.45, 7) is 0. The lowest BCUT2D eigenvalue weighted by Crippen LogP contribution is -2.36. The van der Waals surface area contributed by atoms with Gasteiger partial charge in [-0.25, -0.2) is 19.4 Å². The van der Waals surface area contributed by atoms with Gasteiger partial charge in [-0.3, -0.25) is 4.65 Å². The normalized spacial score (nSPS) is 10.4. The molecule has 0 unspecified atom stereocenters. The largest absolute Gasteiger partial charge is 0.703 e. The molecule has 0 saturated carbocycles. The fraction of sp³-hybridized carbons (Fsp3) is 0.429. The van der Waals surface area contributed by atoms with Crippen LogP contribution in [0.15, 0.2) is 0 Å². The van der Waals surface area contributed by atoms with Crippen LogP contribution in [0.1, 0.15) is 0 Å². The average Bonchev–Trinajstić information content (AvgIpc) is 2.39. The Labute approximate surface area is 109 Å². The van der Waals surface area contributed by atoms with Gasteiger partial charge in [-0.2, -0.15) is 21.0 Å². The Morgan fingerprint density at radius 2 is 1.15 bits per heavy atom. The predicted octanol–water partition coefficient (Wildman–Crippen LogP) is 0.236. The molecule has 0 aliphatic carbocycles. The van der Waals surface area contributed by atoms with Crippen LogP contribution in [0, 0.1) is 45.3 Å². The minimum Gasteiger partial charge on any atom is -0.294 e. The highest BCUT2D eigenvalue weighted by Gasteiger charge is 2.42. The highest BCUT2D eigenvalue weighted by atomic mass is 19.4. The van der Waals surface area contributed by atoms with Crippen molar-refractivity contribution in [1.82, 2.24) is 0 Å². The fourth-order valence-corrected chi connectivity index (χ4v) is 0.510. The van der Waals surface area contributed by atoms with Crippen molar-refractivity contribution in [3.63, 3.8) is 0 Å². The molecule has 13 heteroatoms. The van der Waals surface area contributed by atoms with Gasteiger partial charge in [0, 0.05) is 0 Å². The van der Waals surface area contributed by atoms with Gasteiger partial charge in [-0.15, -0.1) is 13.2 Å². The molecule has 0 heterocycles. The smallest absolute Gasteiger partial charge is 0.294 e. The van der Waals surface area contributed by atoms with E-state index in [1.54, 1.807) is 0 Å². The van der Waals surface area contributed by atoms with Crippen LogP contribution in [-0.2, 0) is 24.0 Å². The number of rotatable bonds is 7. The number of nitrogens with zero attached hydrogens (tertiary/aromatic N) is 4. The lowest BCUT2D eigenvalue weighted by molar-refractivity contribution is -0.356. The van der Waals surface area contributed by atoms with E-state index in [0.29, 0.717) is 0 Å². The van der Waals surface area contributed by atoms with Crippen LogP contribution in [0.4, 0.5) is 13.2 Å². The zero-order valence-corrected chi connectivity index (χ0v) is 9.20. The van der Waals surface area contributed by atoms with Crippen LogP contribution in [0.3, 0.4) is 0 Å². The molecule has 0 aromatic carbocycles. The first kappa shape index (κ1) is 17.6. The first-order chi connectivity index (χ1) is 9.36. The molecule has 0 fully saturated rings. The van der Waals surface area contributed by atoms with Gasteiger partial charge in [-0.1, -0.05) is 0 Å². The first-order valence-electron chi connectivity index (χ1n) is 4.33. The molecule has 0 amide bonds. The second kappa shape index (κ2) is 8.67. The molecule has 0 radical (unpaired) electrons. The number of hydrogen-bond acceptors (Lipinski definition) is 9. The molecule has 0 N–H and O–H groups in total. The molecule has 9 nitrogen and oxygen atoms in total. The summed E-state index contributed by atoms with van der Waals surface area (Å²) in [7, 11) is -2.72. The summed E-state index contributed by atoms with van der Waals surface area (Å²) in [6, 6.07) is 4.84. The van der Waals surface area contributed by atoms with E-state index in [1.165, 1.54) is 24.3 Å². The van der Waals surface area contributed by atoms with Crippen molar-refractivity contribution in [2.75, 3.05) is 0 Å². The molecule has 0 rings (SSSR count). The predicted molar refractivity (Wildman–Crippen MR) is 47.3 cm³/mol. The van der Waals surface area contributed by atoms with E-state index >= 15 is 0 Å². The van der Waals surface area contributed by atoms with Gasteiger partial charge in [-0.05, 0) is 0 Å². The molecule has 0 aromatic heterocycles. The minimum absolute atomic E-state index is 1.21. The Balaban J connectivity index is 4.52. The van der Waals surface area contributed by atoms with E-state index < -0.39 is 25.9 Å². The summed E-state index contributed by atoms with van der Waals surface area (Å²) >= 11 is 0. The molecule has 0 spiro atoms. The van der Waals surface area contributed by atoms with Crippen molar-refractivity contribution in [3.8, 4) is 24.3 Å². The van der Waals surface area contributed by atoms with Gasteiger partial charge < -0.3 is 0 Å². The van der Waals surface area contributed by atoms with Gasteiger partial charge in [0.05, 0.1) is 0 Å². The lowest BCUT2D eigenvalue weighted by Gasteiger charge is -2.14. The number of alkyl halides is 3. The molecule has 0 aromatic rings. The third kappa shape index (κ3) is 7.85. The summed E-state index contributed by atoms with van der Waals surface area (Å²) in [5.41, 5.74) is 0. The third-order valence-electron chi connectivity index (χ3n) is 1.16. The average molecular weight is 290 g/mol. The van der Waals surface area contributed by atoms with Crippen molar-refractivity contribution in [2.45, 2.75) is 18.6 Å². The topological polar surface area (TPSA) is 141 Å². The molecule has 0 atom stereocenters. The maximum Gasteiger partial charge on any atom is 0.703 e. The van der Waals surface area contributed by atoms with E-state index in [1.807, 2.05) is 0 Å². The Kier molecular flexibility index (Phi) is 7.64. The SMILES string of the molecule is N#CC(C#N)OOB(OOC(C#N)C#N)OC(F)(F)F. The van der Waals surface area contributed by atoms with Crippen molar-refractivity contribution >= 4 is 7.32 Å². The maximum atomic E-state index is 11.9. The molecule has 0 saturated heterocycles. The molecular weight excluding hydrogens is 288 g/mol. The summed E-state index contributed by atoms with van der Waals surface area (Å²) in [5.74, 6) is 0. The van der Waals surface area contributed by atoms with Gasteiger partial charge in [0.1, 0.15) is 24.3 Å². The fourth-order valence-electron chi connectivity index (χ4n) is 0.510. The van der Waals surface area contributed by atoms with E-state index in [0.717, 1.165) is 0 Å². The second-order valence-corrected chi connectivity index (χ2v) is 2.51. The Hall–Kier alpha value is -2.39. The first-order valence-corrected chi connectivity index (χ1v) is 4.33. The molecule has 0 aliphatic heterocycles. The van der Waals surface area contributed by atoms with Crippen molar-refractivity contribution in [1.29, 1.82) is 21.0 Å². The number of hydrogen-bond donors (Lipinski definition) is 0. The van der Waals surface area contributed by atoms with Crippen LogP contribution in [0.25, 0.3) is 0 Å². The maximum absolute atomic E-state index is 11.9. The highest BCUT2D eigenvalue weighted by Crippen LogP contribution is 2.19. The van der Waals surface area contributed by atoms with Crippen LogP contribution >= 0.6 is 0 Å². The van der Waals surface area contributed by atoms with E-state index in [2.05, 4.69) is 24.0 Å². The Morgan fingerprint density at radius 3 is 1.40 bits per heavy atom. The lowest BCUT2D eigenvalue weighted by atomic mass is 10.3. The summed E-state index contributed by atoms with van der Waals surface area (Å²) in [5, 5.41) is 33.1. The molecule has 104 valence electrons. The third-order valence-corrected chi connectivity index (χ3v) is 1.16. The van der Waals surface area contributed by atoms with Crippen LogP contribution in [-0.4, -0.2) is 25.9 Å². The minimum atomic E-state index is -5.25. The molecule has 0 aliphatic rings. The zero-order valence-electron chi connectivity index (χ0n) is 9.20.